The maximum Gasteiger partial charge on any atom is 0.408 e. The van der Waals surface area contributed by atoms with Crippen molar-refractivity contribution in [1.82, 2.24) is 21.3 Å². The van der Waals surface area contributed by atoms with Gasteiger partial charge in [0.05, 0.1) is 6.04 Å². The van der Waals surface area contributed by atoms with Crippen molar-refractivity contribution >= 4 is 41.2 Å². The van der Waals surface area contributed by atoms with Crippen LogP contribution in [-0.2, 0) is 29.8 Å². The minimum atomic E-state index is -3.71. The summed E-state index contributed by atoms with van der Waals surface area (Å²) < 4.78 is 37.3. The van der Waals surface area contributed by atoms with Crippen LogP contribution in [0.2, 0.25) is 5.02 Å². The Hall–Kier alpha value is -4.06. The number of hydrogen-bond donors (Lipinski definition) is 4. The molecular formula is C33H39ClF2N4O6. The molecule has 1 saturated heterocycles. The maximum absolute atomic E-state index is 16.0. The van der Waals surface area contributed by atoms with Crippen LogP contribution in [0.5, 0.6) is 0 Å². The summed E-state index contributed by atoms with van der Waals surface area (Å²) in [4.78, 5) is 64.9. The number of benzene rings is 2. The highest BCUT2D eigenvalue weighted by Crippen LogP contribution is 2.45. The van der Waals surface area contributed by atoms with Crippen molar-refractivity contribution < 1.29 is 37.5 Å². The molecule has 4 N–H and O–H groups in total. The van der Waals surface area contributed by atoms with E-state index in [1.807, 2.05) is 6.92 Å². The summed E-state index contributed by atoms with van der Waals surface area (Å²) in [6, 6.07) is 9.90. The van der Waals surface area contributed by atoms with Crippen LogP contribution < -0.4 is 21.3 Å². The summed E-state index contributed by atoms with van der Waals surface area (Å²) >= 11 is 5.98. The Morgan fingerprint density at radius 2 is 1.78 bits per heavy atom. The molecular weight excluding hydrogens is 622 g/mol. The fraction of sp³-hybridized carbons (Fsp3) is 0.485. The molecule has 0 aromatic heterocycles. The van der Waals surface area contributed by atoms with Crippen molar-refractivity contribution in [1.29, 1.82) is 0 Å². The van der Waals surface area contributed by atoms with Gasteiger partial charge in [-0.25, -0.2) is 4.79 Å². The lowest BCUT2D eigenvalue weighted by Gasteiger charge is -2.41. The van der Waals surface area contributed by atoms with Gasteiger partial charge in [0.1, 0.15) is 6.04 Å². The molecule has 10 nitrogen and oxygen atoms in total. The van der Waals surface area contributed by atoms with Crippen LogP contribution in [-0.4, -0.2) is 54.8 Å². The minimum Gasteiger partial charge on any atom is -0.434 e. The van der Waals surface area contributed by atoms with E-state index in [0.717, 1.165) is 25.3 Å². The van der Waals surface area contributed by atoms with Gasteiger partial charge in [-0.1, -0.05) is 67.4 Å². The number of amides is 4. The first kappa shape index (κ1) is 34.8. The molecule has 46 heavy (non-hydrogen) atoms. The first-order valence-electron chi connectivity index (χ1n) is 15.4. The van der Waals surface area contributed by atoms with Crippen LogP contribution in [0.25, 0.3) is 0 Å². The Labute approximate surface area is 271 Å². The highest BCUT2D eigenvalue weighted by Gasteiger charge is 2.46. The van der Waals surface area contributed by atoms with E-state index in [2.05, 4.69) is 21.3 Å². The molecule has 0 unspecified atom stereocenters. The molecule has 13 heteroatoms. The third-order valence-corrected chi connectivity index (χ3v) is 8.84. The molecule has 1 heterocycles. The number of likely N-dealkylation sites (N-methyl/N-ethyl adjacent to an activating group) is 1. The molecule has 0 radical (unpaired) electrons. The smallest absolute Gasteiger partial charge is 0.408 e. The van der Waals surface area contributed by atoms with Crippen molar-refractivity contribution in [3.63, 3.8) is 0 Å². The van der Waals surface area contributed by atoms with Gasteiger partial charge in [0.2, 0.25) is 17.6 Å². The highest BCUT2D eigenvalue weighted by atomic mass is 35.5. The van der Waals surface area contributed by atoms with Gasteiger partial charge in [0.15, 0.2) is 6.10 Å². The number of rotatable bonds is 14. The second-order valence-electron chi connectivity index (χ2n) is 12.2. The average molecular weight is 661 g/mol. The lowest BCUT2D eigenvalue weighted by Crippen LogP contribution is -2.56. The number of alkyl halides is 2. The predicted molar refractivity (Wildman–Crippen MR) is 166 cm³/mol. The van der Waals surface area contributed by atoms with Crippen molar-refractivity contribution in [2.75, 3.05) is 13.1 Å². The summed E-state index contributed by atoms with van der Waals surface area (Å²) in [5.74, 6) is -7.27. The van der Waals surface area contributed by atoms with Gasteiger partial charge in [-0.15, -0.1) is 0 Å². The molecule has 0 bridgehead atoms. The molecule has 4 atom stereocenters. The Morgan fingerprint density at radius 1 is 1.07 bits per heavy atom. The monoisotopic (exact) mass is 660 g/mol. The molecule has 2 aromatic carbocycles. The largest absolute Gasteiger partial charge is 0.434 e. The molecule has 1 saturated carbocycles. The second-order valence-corrected chi connectivity index (χ2v) is 12.6. The number of nitrogens with one attached hydrogen (secondary N) is 4. The number of ketones is 1. The van der Waals surface area contributed by atoms with Gasteiger partial charge in [-0.2, -0.15) is 8.78 Å². The Balaban J connectivity index is 1.58. The zero-order valence-electron chi connectivity index (χ0n) is 25.7. The summed E-state index contributed by atoms with van der Waals surface area (Å²) in [5.41, 5.74) is -0.805. The van der Waals surface area contributed by atoms with E-state index >= 15 is 8.78 Å². The number of Topliss-reactive ketones (excluding diaryl/α,β-unsaturated/α-hetero) is 1. The molecule has 2 aromatic rings. The van der Waals surface area contributed by atoms with Gasteiger partial charge in [-0.3, -0.25) is 19.2 Å². The number of ether oxygens (including phenoxy) is 1. The fourth-order valence-corrected chi connectivity index (χ4v) is 6.05. The lowest BCUT2D eigenvalue weighted by atomic mass is 9.67. The zero-order chi connectivity index (χ0) is 33.5. The zero-order valence-corrected chi connectivity index (χ0v) is 26.5. The molecule has 4 amide bonds. The first-order chi connectivity index (χ1) is 21.8. The second kappa shape index (κ2) is 15.0. The summed E-state index contributed by atoms with van der Waals surface area (Å²) in [5, 5.41) is 10.2. The van der Waals surface area contributed by atoms with Crippen LogP contribution in [0.4, 0.5) is 13.6 Å². The normalized spacial score (nSPS) is 19.1. The topological polar surface area (TPSA) is 143 Å². The van der Waals surface area contributed by atoms with E-state index in [1.54, 1.807) is 13.0 Å². The standard InChI is InChI=1S/C33H39ClF2N4O6/c1-3-37-30(44)26(41)24(17-21-13-16-38-28(21)42)39-29(43)25(19-32(2)14-8-15-32)40-31(45)46-27(20-9-5-4-6-10-20)33(35,36)22-11-7-12-23(34)18-22/h4-7,9-12,18,21,24-25,27H,3,8,13-17,19H2,1-2H3,(H,37,44)(H,38,42)(H,39,43)(H,40,45)/t21-,24-,25-,27-/m0/s1. The fourth-order valence-electron chi connectivity index (χ4n) is 5.86. The molecule has 2 fully saturated rings. The lowest BCUT2D eigenvalue weighted by molar-refractivity contribution is -0.141. The van der Waals surface area contributed by atoms with Crippen LogP contribution in [0.1, 0.15) is 69.6 Å². The van der Waals surface area contributed by atoms with Crippen molar-refractivity contribution in [2.24, 2.45) is 11.3 Å². The number of carbonyl (C=O) groups is 5. The van der Waals surface area contributed by atoms with Gasteiger partial charge in [-0.05, 0) is 62.1 Å². The summed E-state index contributed by atoms with van der Waals surface area (Å²) in [6.45, 7) is 4.14. The molecule has 2 aliphatic rings. The molecule has 0 spiro atoms. The Morgan fingerprint density at radius 3 is 2.37 bits per heavy atom. The predicted octanol–water partition coefficient (Wildman–Crippen LogP) is 4.56. The minimum absolute atomic E-state index is 0.0111. The quantitative estimate of drug-likeness (QED) is 0.219. The highest BCUT2D eigenvalue weighted by molar-refractivity contribution is 6.38. The van der Waals surface area contributed by atoms with Crippen LogP contribution in [0.15, 0.2) is 54.6 Å². The van der Waals surface area contributed by atoms with Crippen LogP contribution in [0.3, 0.4) is 0 Å². The summed E-state index contributed by atoms with van der Waals surface area (Å²) in [7, 11) is 0. The van der Waals surface area contributed by atoms with Gasteiger partial charge >= 0.3 is 12.0 Å². The van der Waals surface area contributed by atoms with Gasteiger partial charge < -0.3 is 26.0 Å². The first-order valence-corrected chi connectivity index (χ1v) is 15.8. The molecule has 1 aliphatic heterocycles. The van der Waals surface area contributed by atoms with E-state index in [-0.39, 0.29) is 41.3 Å². The van der Waals surface area contributed by atoms with Crippen molar-refractivity contribution in [3.05, 3.63) is 70.7 Å². The maximum atomic E-state index is 16.0. The van der Waals surface area contributed by atoms with E-state index < -0.39 is 59.3 Å². The van der Waals surface area contributed by atoms with Crippen molar-refractivity contribution in [3.8, 4) is 0 Å². The molecule has 248 valence electrons. The number of hydrogen-bond acceptors (Lipinski definition) is 6. The average Bonchev–Trinajstić information content (AvgIpc) is 3.42. The summed E-state index contributed by atoms with van der Waals surface area (Å²) in [6.07, 6.45) is -0.505. The van der Waals surface area contributed by atoms with E-state index in [4.69, 9.17) is 16.3 Å². The third-order valence-electron chi connectivity index (χ3n) is 8.61. The van der Waals surface area contributed by atoms with E-state index in [0.29, 0.717) is 13.0 Å². The van der Waals surface area contributed by atoms with E-state index in [9.17, 15) is 24.0 Å². The number of alkyl carbamates (subject to hydrolysis) is 1. The Bertz CT molecular complexity index is 1440. The molecule has 1 aliphatic carbocycles. The van der Waals surface area contributed by atoms with Crippen LogP contribution >= 0.6 is 11.6 Å². The van der Waals surface area contributed by atoms with E-state index in [1.165, 1.54) is 42.5 Å². The molecule has 4 rings (SSSR count). The SMILES string of the molecule is CCNC(=O)C(=O)[C@H](C[C@@H]1CCNC1=O)NC(=O)[C@H](CC1(C)CCC1)NC(=O)O[C@@H](c1ccccc1)C(F)(F)c1cccc(Cl)c1. The Kier molecular flexibility index (Phi) is 11.4. The van der Waals surface area contributed by atoms with Gasteiger partial charge in [0.25, 0.3) is 5.91 Å². The van der Waals surface area contributed by atoms with Crippen LogP contribution in [0, 0.1) is 11.3 Å². The third kappa shape index (κ3) is 8.60. The number of halogens is 3. The van der Waals surface area contributed by atoms with Gasteiger partial charge in [0, 0.05) is 29.6 Å². The van der Waals surface area contributed by atoms with Crippen molar-refractivity contribution in [2.45, 2.75) is 76.5 Å². The number of carbonyl (C=O) groups excluding carboxylic acids is 5.